The predicted octanol–water partition coefficient (Wildman–Crippen LogP) is 2.13. The first-order valence-corrected chi connectivity index (χ1v) is 7.34. The first-order chi connectivity index (χ1) is 10.7. The molecule has 0 aliphatic heterocycles. The summed E-state index contributed by atoms with van der Waals surface area (Å²) in [7, 11) is 0. The summed E-state index contributed by atoms with van der Waals surface area (Å²) < 4.78 is 10.2. The number of rotatable bonds is 6. The number of esters is 1. The van der Waals surface area contributed by atoms with Gasteiger partial charge in [0.25, 0.3) is 5.91 Å². The van der Waals surface area contributed by atoms with Crippen molar-refractivity contribution in [1.82, 2.24) is 5.32 Å². The number of urea groups is 1. The van der Waals surface area contributed by atoms with E-state index < -0.39 is 30.6 Å². The number of hydrogen-bond acceptors (Lipinski definition) is 5. The van der Waals surface area contributed by atoms with Gasteiger partial charge in [0.15, 0.2) is 12.7 Å². The molecule has 0 aromatic heterocycles. The van der Waals surface area contributed by atoms with Crippen LogP contribution in [0.1, 0.15) is 13.8 Å². The molecule has 23 heavy (non-hydrogen) atoms. The smallest absolute Gasteiger partial charge is 0.344 e. The maximum absolute atomic E-state index is 11.8. The van der Waals surface area contributed by atoms with Gasteiger partial charge in [0.1, 0.15) is 5.75 Å². The molecule has 0 bridgehead atoms. The monoisotopic (exact) mass is 362 g/mol. The third-order valence-electron chi connectivity index (χ3n) is 2.61. The summed E-state index contributed by atoms with van der Waals surface area (Å²) in [5.74, 6) is -1.71. The Morgan fingerprint density at radius 3 is 2.43 bits per heavy atom. The minimum Gasteiger partial charge on any atom is -0.480 e. The Bertz CT molecular complexity index is 607. The number of carbonyl (C=O) groups is 3. The minimum atomic E-state index is -1.17. The molecule has 126 valence electrons. The summed E-state index contributed by atoms with van der Waals surface area (Å²) >= 11 is 11.6. The Balaban J connectivity index is 2.62. The van der Waals surface area contributed by atoms with Crippen LogP contribution in [0, 0.1) is 5.92 Å². The van der Waals surface area contributed by atoms with Gasteiger partial charge in [-0.15, -0.1) is 0 Å². The van der Waals surface area contributed by atoms with Gasteiger partial charge in [-0.05, 0) is 24.1 Å². The van der Waals surface area contributed by atoms with Crippen LogP contribution in [0.4, 0.5) is 4.79 Å². The number of hydrogen-bond donors (Lipinski definition) is 2. The fourth-order valence-corrected chi connectivity index (χ4v) is 2.05. The fourth-order valence-electron chi connectivity index (χ4n) is 1.59. The molecule has 0 aliphatic carbocycles. The predicted molar refractivity (Wildman–Crippen MR) is 84.4 cm³/mol. The van der Waals surface area contributed by atoms with E-state index in [2.05, 4.69) is 0 Å². The van der Waals surface area contributed by atoms with Crippen molar-refractivity contribution < 1.29 is 23.9 Å². The highest BCUT2D eigenvalue weighted by molar-refractivity contribution is 6.35. The van der Waals surface area contributed by atoms with Crippen LogP contribution in [-0.2, 0) is 14.3 Å². The molecule has 0 unspecified atom stereocenters. The van der Waals surface area contributed by atoms with Crippen molar-refractivity contribution in [3.05, 3.63) is 28.2 Å². The van der Waals surface area contributed by atoms with Gasteiger partial charge in [-0.2, -0.15) is 0 Å². The first kappa shape index (κ1) is 19.1. The quantitative estimate of drug-likeness (QED) is 0.753. The molecule has 0 saturated heterocycles. The molecule has 1 atom stereocenters. The van der Waals surface area contributed by atoms with Gasteiger partial charge in [-0.3, -0.25) is 10.1 Å². The molecule has 0 fully saturated rings. The first-order valence-electron chi connectivity index (χ1n) is 6.58. The van der Waals surface area contributed by atoms with Crippen molar-refractivity contribution >= 4 is 41.1 Å². The van der Waals surface area contributed by atoms with Crippen LogP contribution in [0.2, 0.25) is 10.0 Å². The van der Waals surface area contributed by atoms with Gasteiger partial charge in [-0.1, -0.05) is 37.0 Å². The lowest BCUT2D eigenvalue weighted by Crippen LogP contribution is -2.46. The van der Waals surface area contributed by atoms with Crippen molar-refractivity contribution in [3.8, 4) is 5.75 Å². The molecular formula is C14H16Cl2N2O5. The average Bonchev–Trinajstić information content (AvgIpc) is 2.42. The van der Waals surface area contributed by atoms with E-state index in [-0.39, 0.29) is 16.7 Å². The van der Waals surface area contributed by atoms with Gasteiger partial charge in [0, 0.05) is 5.02 Å². The van der Waals surface area contributed by atoms with Crippen LogP contribution in [0.25, 0.3) is 0 Å². The van der Waals surface area contributed by atoms with E-state index in [4.69, 9.17) is 38.4 Å². The molecule has 0 heterocycles. The van der Waals surface area contributed by atoms with E-state index in [1.165, 1.54) is 12.1 Å². The minimum absolute atomic E-state index is 0.234. The maximum Gasteiger partial charge on any atom is 0.344 e. The lowest BCUT2D eigenvalue weighted by Gasteiger charge is -2.20. The van der Waals surface area contributed by atoms with Crippen LogP contribution in [0.15, 0.2) is 18.2 Å². The number of nitrogens with two attached hydrogens (primary N) is 1. The fraction of sp³-hybridized carbons (Fsp3) is 0.357. The van der Waals surface area contributed by atoms with Crippen LogP contribution in [-0.4, -0.2) is 30.6 Å². The number of halogens is 2. The van der Waals surface area contributed by atoms with E-state index >= 15 is 0 Å². The van der Waals surface area contributed by atoms with Gasteiger partial charge in [0.05, 0.1) is 5.02 Å². The lowest BCUT2D eigenvalue weighted by atomic mass is 10.1. The van der Waals surface area contributed by atoms with Crippen molar-refractivity contribution in [2.45, 2.75) is 20.0 Å². The van der Waals surface area contributed by atoms with Crippen LogP contribution < -0.4 is 15.8 Å². The Morgan fingerprint density at radius 1 is 1.26 bits per heavy atom. The van der Waals surface area contributed by atoms with Crippen molar-refractivity contribution in [2.75, 3.05) is 6.61 Å². The topological polar surface area (TPSA) is 108 Å². The van der Waals surface area contributed by atoms with Crippen molar-refractivity contribution in [1.29, 1.82) is 0 Å². The summed E-state index contributed by atoms with van der Waals surface area (Å²) in [4.78, 5) is 34.2. The van der Waals surface area contributed by atoms with E-state index in [0.717, 1.165) is 0 Å². The summed E-state index contributed by atoms with van der Waals surface area (Å²) in [5.41, 5.74) is 4.86. The van der Waals surface area contributed by atoms with E-state index in [0.29, 0.717) is 5.02 Å². The SMILES string of the molecule is CC(C)[C@H](OC(=O)COc1ccc(Cl)cc1Cl)C(=O)NC(N)=O. The van der Waals surface area contributed by atoms with Gasteiger partial charge < -0.3 is 15.2 Å². The van der Waals surface area contributed by atoms with Gasteiger partial charge >= 0.3 is 12.0 Å². The summed E-state index contributed by atoms with van der Waals surface area (Å²) in [6.07, 6.45) is -1.17. The third-order valence-corrected chi connectivity index (χ3v) is 3.14. The molecule has 3 N–H and O–H groups in total. The second kappa shape index (κ2) is 8.59. The average molecular weight is 363 g/mol. The molecule has 0 spiro atoms. The molecule has 0 aliphatic rings. The van der Waals surface area contributed by atoms with Crippen molar-refractivity contribution in [3.63, 3.8) is 0 Å². The molecule has 1 rings (SSSR count). The molecule has 0 radical (unpaired) electrons. The number of primary amides is 1. The molecule has 9 heteroatoms. The second-order valence-corrected chi connectivity index (χ2v) is 5.72. The number of amides is 3. The standard InChI is InChI=1S/C14H16Cl2N2O5/c1-7(2)12(13(20)18-14(17)21)23-11(19)6-22-10-4-3-8(15)5-9(10)16/h3-5,7,12H,6H2,1-2H3,(H3,17,18,20,21)/t12-/m0/s1. The number of carbonyl (C=O) groups excluding carboxylic acids is 3. The lowest BCUT2D eigenvalue weighted by molar-refractivity contribution is -0.160. The highest BCUT2D eigenvalue weighted by Gasteiger charge is 2.27. The number of nitrogens with one attached hydrogen (secondary N) is 1. The highest BCUT2D eigenvalue weighted by Crippen LogP contribution is 2.27. The summed E-state index contributed by atoms with van der Waals surface area (Å²) in [6, 6.07) is 3.48. The Labute approximate surface area is 143 Å². The molecule has 7 nitrogen and oxygen atoms in total. The summed E-state index contributed by atoms with van der Waals surface area (Å²) in [6.45, 7) is 2.83. The summed E-state index contributed by atoms with van der Waals surface area (Å²) in [5, 5.41) is 2.52. The maximum atomic E-state index is 11.8. The Hall–Kier alpha value is -1.99. The van der Waals surface area contributed by atoms with Gasteiger partial charge in [-0.25, -0.2) is 9.59 Å². The Kier molecular flexibility index (Phi) is 7.12. The normalized spacial score (nSPS) is 11.7. The van der Waals surface area contributed by atoms with E-state index in [1.54, 1.807) is 19.9 Å². The third kappa shape index (κ3) is 6.33. The molecule has 1 aromatic rings. The molecule has 3 amide bonds. The molecular weight excluding hydrogens is 347 g/mol. The number of ether oxygens (including phenoxy) is 2. The van der Waals surface area contributed by atoms with Crippen molar-refractivity contribution in [2.24, 2.45) is 11.7 Å². The zero-order valence-electron chi connectivity index (χ0n) is 12.5. The van der Waals surface area contributed by atoms with E-state index in [9.17, 15) is 14.4 Å². The largest absolute Gasteiger partial charge is 0.480 e. The molecule has 0 saturated carbocycles. The van der Waals surface area contributed by atoms with Crippen LogP contribution in [0.3, 0.4) is 0 Å². The zero-order valence-corrected chi connectivity index (χ0v) is 14.0. The number of imide groups is 1. The van der Waals surface area contributed by atoms with E-state index in [1.807, 2.05) is 5.32 Å². The van der Waals surface area contributed by atoms with Crippen LogP contribution in [0.5, 0.6) is 5.75 Å². The zero-order chi connectivity index (χ0) is 17.6. The van der Waals surface area contributed by atoms with Crippen LogP contribution >= 0.6 is 23.2 Å². The van der Waals surface area contributed by atoms with Gasteiger partial charge in [0.2, 0.25) is 0 Å². The Morgan fingerprint density at radius 2 is 1.91 bits per heavy atom. The number of benzene rings is 1. The second-order valence-electron chi connectivity index (χ2n) is 4.87. The molecule has 1 aromatic carbocycles. The highest BCUT2D eigenvalue weighted by atomic mass is 35.5.